The Labute approximate surface area is 176 Å². The number of nitrogens with one attached hydrogen (secondary N) is 1. The molecule has 4 rings (SSSR count). The maximum Gasteiger partial charge on any atom is 0.253 e. The number of rotatable bonds is 4. The van der Waals surface area contributed by atoms with Crippen LogP contribution in [0.3, 0.4) is 0 Å². The smallest absolute Gasteiger partial charge is 0.253 e. The fourth-order valence-corrected chi connectivity index (χ4v) is 4.47. The minimum Gasteiger partial charge on any atom is -0.345 e. The molecule has 1 amide bonds. The van der Waals surface area contributed by atoms with Gasteiger partial charge in [0.2, 0.25) is 10.0 Å². The number of hydrogen-bond donors (Lipinski definition) is 1. The average molecular weight is 425 g/mol. The second-order valence-corrected chi connectivity index (χ2v) is 9.66. The molecule has 1 N–H and O–H groups in total. The van der Waals surface area contributed by atoms with Crippen molar-refractivity contribution in [3.63, 3.8) is 0 Å². The molecule has 1 aromatic carbocycles. The van der Waals surface area contributed by atoms with Crippen molar-refractivity contribution in [3.8, 4) is 11.1 Å². The van der Waals surface area contributed by atoms with Gasteiger partial charge in [-0.25, -0.2) is 13.4 Å². The number of pyridine rings is 1. The fraction of sp³-hybridized carbons (Fsp3) is 0.273. The highest BCUT2D eigenvalue weighted by Crippen LogP contribution is 2.32. The lowest BCUT2D eigenvalue weighted by atomic mass is 10.0. The van der Waals surface area contributed by atoms with E-state index in [1.807, 2.05) is 36.4 Å². The van der Waals surface area contributed by atoms with Crippen LogP contribution in [0.1, 0.15) is 22.5 Å². The maximum absolute atomic E-state index is 12.1. The minimum atomic E-state index is -3.17. The van der Waals surface area contributed by atoms with Gasteiger partial charge in [0.05, 0.1) is 6.26 Å². The third-order valence-electron chi connectivity index (χ3n) is 5.37. The Morgan fingerprint density at radius 1 is 1.17 bits per heavy atom. The van der Waals surface area contributed by atoms with Crippen molar-refractivity contribution in [2.24, 2.45) is 0 Å². The molecule has 0 bridgehead atoms. The molecule has 0 saturated heterocycles. The topological polar surface area (TPSA) is 86.4 Å². The Kier molecular flexibility index (Phi) is 5.21. The summed E-state index contributed by atoms with van der Waals surface area (Å²) < 4.78 is 24.9. The van der Waals surface area contributed by atoms with Gasteiger partial charge >= 0.3 is 0 Å². The molecule has 3 heterocycles. The molecule has 0 aliphatic carbocycles. The molecule has 0 spiro atoms. The van der Waals surface area contributed by atoms with Gasteiger partial charge in [-0.3, -0.25) is 4.79 Å². The van der Waals surface area contributed by atoms with Crippen LogP contribution in [0.4, 0.5) is 0 Å². The van der Waals surface area contributed by atoms with Gasteiger partial charge in [0.1, 0.15) is 5.65 Å². The van der Waals surface area contributed by atoms with Crippen LogP contribution < -0.4 is 0 Å². The van der Waals surface area contributed by atoms with Crippen LogP contribution in [-0.2, 0) is 10.0 Å². The minimum absolute atomic E-state index is 0.0299. The van der Waals surface area contributed by atoms with Crippen molar-refractivity contribution in [2.45, 2.75) is 6.42 Å². The van der Waals surface area contributed by atoms with Crippen LogP contribution in [0.2, 0.25) is 0 Å². The van der Waals surface area contributed by atoms with E-state index in [2.05, 4.69) is 16.0 Å². The van der Waals surface area contributed by atoms with E-state index in [-0.39, 0.29) is 5.91 Å². The molecule has 7 nitrogen and oxygen atoms in total. The summed E-state index contributed by atoms with van der Waals surface area (Å²) in [5.74, 6) is -0.0299. The van der Waals surface area contributed by atoms with Gasteiger partial charge in [-0.15, -0.1) is 0 Å². The summed E-state index contributed by atoms with van der Waals surface area (Å²) in [7, 11) is 0.296. The summed E-state index contributed by atoms with van der Waals surface area (Å²) in [5, 5.41) is 0.991. The monoisotopic (exact) mass is 424 g/mol. The van der Waals surface area contributed by atoms with Crippen molar-refractivity contribution in [3.05, 3.63) is 59.9 Å². The number of amides is 1. The number of sulfonamides is 1. The Hall–Kier alpha value is -2.97. The SMILES string of the molecule is CN(C)C(=O)c1ccc(-c2ccnc3[nH]c(C4=CCN(S(C)(=O)=O)CC4)cc23)cc1. The zero-order valence-electron chi connectivity index (χ0n) is 17.2. The molecule has 0 fully saturated rings. The molecule has 156 valence electrons. The first-order valence-corrected chi connectivity index (χ1v) is 11.5. The number of benzene rings is 1. The summed E-state index contributed by atoms with van der Waals surface area (Å²) in [4.78, 5) is 21.5. The highest BCUT2D eigenvalue weighted by atomic mass is 32.2. The third-order valence-corrected chi connectivity index (χ3v) is 6.64. The predicted molar refractivity (Wildman–Crippen MR) is 119 cm³/mol. The number of carbonyl (C=O) groups excluding carboxylic acids is 1. The van der Waals surface area contributed by atoms with Gasteiger partial charge in [0, 0.05) is 50.0 Å². The van der Waals surface area contributed by atoms with Crippen LogP contribution in [0.15, 0.2) is 48.7 Å². The number of hydrogen-bond acceptors (Lipinski definition) is 4. The number of aromatic amines is 1. The Morgan fingerprint density at radius 3 is 2.50 bits per heavy atom. The predicted octanol–water partition coefficient (Wildman–Crippen LogP) is 2.98. The summed E-state index contributed by atoms with van der Waals surface area (Å²) in [6, 6.07) is 11.6. The highest BCUT2D eigenvalue weighted by molar-refractivity contribution is 7.88. The Bertz CT molecular complexity index is 1240. The first kappa shape index (κ1) is 20.3. The number of nitrogens with zero attached hydrogens (tertiary/aromatic N) is 3. The zero-order valence-corrected chi connectivity index (χ0v) is 18.0. The number of aromatic nitrogens is 2. The highest BCUT2D eigenvalue weighted by Gasteiger charge is 2.21. The van der Waals surface area contributed by atoms with Crippen molar-refractivity contribution in [1.29, 1.82) is 0 Å². The average Bonchev–Trinajstić information content (AvgIpc) is 3.17. The van der Waals surface area contributed by atoms with Crippen molar-refractivity contribution >= 4 is 32.5 Å². The lowest BCUT2D eigenvalue weighted by Crippen LogP contribution is -2.33. The van der Waals surface area contributed by atoms with E-state index in [1.54, 1.807) is 25.2 Å². The van der Waals surface area contributed by atoms with Crippen LogP contribution in [0.25, 0.3) is 27.7 Å². The van der Waals surface area contributed by atoms with E-state index in [9.17, 15) is 13.2 Å². The van der Waals surface area contributed by atoms with Gasteiger partial charge in [-0.2, -0.15) is 4.31 Å². The summed E-state index contributed by atoms with van der Waals surface area (Å²) in [6.07, 6.45) is 5.60. The normalized spacial score (nSPS) is 15.2. The molecule has 3 aromatic rings. The van der Waals surface area contributed by atoms with E-state index in [0.717, 1.165) is 33.4 Å². The first-order chi connectivity index (χ1) is 14.2. The van der Waals surface area contributed by atoms with Crippen molar-refractivity contribution < 1.29 is 13.2 Å². The van der Waals surface area contributed by atoms with E-state index >= 15 is 0 Å². The number of H-pyrrole nitrogens is 1. The summed E-state index contributed by atoms with van der Waals surface area (Å²) in [5.41, 5.74) is 5.50. The maximum atomic E-state index is 12.1. The molecule has 0 radical (unpaired) electrons. The fourth-order valence-electron chi connectivity index (χ4n) is 3.70. The van der Waals surface area contributed by atoms with Crippen LogP contribution in [0.5, 0.6) is 0 Å². The Morgan fingerprint density at radius 2 is 1.90 bits per heavy atom. The molecule has 1 aliphatic rings. The van der Waals surface area contributed by atoms with E-state index in [0.29, 0.717) is 25.1 Å². The van der Waals surface area contributed by atoms with Crippen LogP contribution >= 0.6 is 0 Å². The van der Waals surface area contributed by atoms with Crippen LogP contribution in [0, 0.1) is 0 Å². The first-order valence-electron chi connectivity index (χ1n) is 9.68. The van der Waals surface area contributed by atoms with Crippen LogP contribution in [-0.4, -0.2) is 66.9 Å². The van der Waals surface area contributed by atoms with Gasteiger partial charge in [-0.05, 0) is 47.4 Å². The largest absolute Gasteiger partial charge is 0.345 e. The molecule has 0 unspecified atom stereocenters. The number of fused-ring (bicyclic) bond motifs is 1. The summed E-state index contributed by atoms with van der Waals surface area (Å²) in [6.45, 7) is 0.854. The molecule has 2 aromatic heterocycles. The molecule has 30 heavy (non-hydrogen) atoms. The van der Waals surface area contributed by atoms with Crippen molar-refractivity contribution in [2.75, 3.05) is 33.4 Å². The summed E-state index contributed by atoms with van der Waals surface area (Å²) >= 11 is 0. The van der Waals surface area contributed by atoms with Gasteiger partial charge in [0.25, 0.3) is 5.91 Å². The molecule has 1 aliphatic heterocycles. The quantitative estimate of drug-likeness (QED) is 0.698. The van der Waals surface area contributed by atoms with Gasteiger partial charge in [0.15, 0.2) is 0 Å². The second-order valence-electron chi connectivity index (χ2n) is 7.68. The van der Waals surface area contributed by atoms with E-state index in [4.69, 9.17) is 0 Å². The lowest BCUT2D eigenvalue weighted by Gasteiger charge is -2.23. The third kappa shape index (κ3) is 3.88. The van der Waals surface area contributed by atoms with Gasteiger partial charge in [-0.1, -0.05) is 18.2 Å². The zero-order chi connectivity index (χ0) is 21.5. The molecule has 0 atom stereocenters. The second kappa shape index (κ2) is 7.70. The molecule has 8 heteroatoms. The molecular weight excluding hydrogens is 400 g/mol. The van der Waals surface area contributed by atoms with E-state index in [1.165, 1.54) is 10.6 Å². The van der Waals surface area contributed by atoms with E-state index < -0.39 is 10.0 Å². The Balaban J connectivity index is 1.67. The molecule has 0 saturated carbocycles. The van der Waals surface area contributed by atoms with Crippen molar-refractivity contribution in [1.82, 2.24) is 19.2 Å². The molecular formula is C22H24N4O3S. The van der Waals surface area contributed by atoms with Gasteiger partial charge < -0.3 is 9.88 Å². The number of carbonyl (C=O) groups is 1. The standard InChI is InChI=1S/C22H24N4O3S/c1-25(2)22(27)17-6-4-15(5-7-17)18-8-11-23-21-19(18)14-20(24-21)16-9-12-26(13-10-16)30(3,28)29/h4-9,11,14H,10,12-13H2,1-3H3,(H,23,24). The lowest BCUT2D eigenvalue weighted by molar-refractivity contribution is 0.0827.